The molecular formula is C10H9Cl2NO. The minimum atomic E-state index is -0.971. The SMILES string of the molecule is O=C(C(Cl)Cl)N1CCc2ccccc21. The first-order chi connectivity index (χ1) is 6.70. The minimum Gasteiger partial charge on any atom is -0.309 e. The van der Waals surface area contributed by atoms with Gasteiger partial charge in [0.15, 0.2) is 4.84 Å². The lowest BCUT2D eigenvalue weighted by molar-refractivity contribution is -0.116. The summed E-state index contributed by atoms with van der Waals surface area (Å²) in [5, 5.41) is 0. The van der Waals surface area contributed by atoms with Crippen LogP contribution >= 0.6 is 23.2 Å². The predicted octanol–water partition coefficient (Wildman–Crippen LogP) is 2.38. The first kappa shape index (κ1) is 9.81. The van der Waals surface area contributed by atoms with E-state index in [1.807, 2.05) is 24.3 Å². The quantitative estimate of drug-likeness (QED) is 0.678. The fourth-order valence-electron chi connectivity index (χ4n) is 1.68. The number of hydrogen-bond donors (Lipinski definition) is 0. The molecule has 1 heterocycles. The van der Waals surface area contributed by atoms with Crippen LogP contribution in [0.1, 0.15) is 5.56 Å². The van der Waals surface area contributed by atoms with Gasteiger partial charge in [-0.25, -0.2) is 0 Å². The van der Waals surface area contributed by atoms with E-state index in [9.17, 15) is 4.79 Å². The highest BCUT2D eigenvalue weighted by Crippen LogP contribution is 2.28. The molecule has 0 spiro atoms. The van der Waals surface area contributed by atoms with Crippen molar-refractivity contribution in [2.45, 2.75) is 11.3 Å². The predicted molar refractivity (Wildman–Crippen MR) is 58.0 cm³/mol. The number of hydrogen-bond acceptors (Lipinski definition) is 1. The molecule has 1 aliphatic rings. The summed E-state index contributed by atoms with van der Waals surface area (Å²) in [5.41, 5.74) is 2.11. The molecule has 1 amide bonds. The molecule has 0 aromatic heterocycles. The number of anilines is 1. The van der Waals surface area contributed by atoms with Gasteiger partial charge >= 0.3 is 0 Å². The summed E-state index contributed by atoms with van der Waals surface area (Å²) < 4.78 is 0. The number of rotatable bonds is 1. The van der Waals surface area contributed by atoms with Crippen LogP contribution in [0.3, 0.4) is 0 Å². The lowest BCUT2D eigenvalue weighted by Crippen LogP contribution is -2.33. The molecule has 14 heavy (non-hydrogen) atoms. The number of benzene rings is 1. The van der Waals surface area contributed by atoms with Crippen LogP contribution in [0, 0.1) is 0 Å². The smallest absolute Gasteiger partial charge is 0.260 e. The Morgan fingerprint density at radius 1 is 1.36 bits per heavy atom. The first-order valence-corrected chi connectivity index (χ1v) is 5.25. The molecule has 0 bridgehead atoms. The molecule has 0 aliphatic carbocycles. The Morgan fingerprint density at radius 2 is 2.07 bits per heavy atom. The van der Waals surface area contributed by atoms with Crippen LogP contribution in [0.15, 0.2) is 24.3 Å². The van der Waals surface area contributed by atoms with E-state index in [-0.39, 0.29) is 5.91 Å². The highest BCUT2D eigenvalue weighted by atomic mass is 35.5. The van der Waals surface area contributed by atoms with Gasteiger partial charge in [0, 0.05) is 12.2 Å². The normalized spacial score (nSPS) is 14.6. The molecule has 1 aliphatic heterocycles. The van der Waals surface area contributed by atoms with Crippen molar-refractivity contribution in [2.24, 2.45) is 0 Å². The standard InChI is InChI=1S/C10H9Cl2NO/c11-9(12)10(14)13-6-5-7-3-1-2-4-8(7)13/h1-4,9H,5-6H2. The summed E-state index contributed by atoms with van der Waals surface area (Å²) in [6, 6.07) is 7.80. The van der Waals surface area contributed by atoms with Crippen molar-refractivity contribution in [2.75, 3.05) is 11.4 Å². The summed E-state index contributed by atoms with van der Waals surface area (Å²) in [6.07, 6.45) is 0.877. The number of amides is 1. The summed E-state index contributed by atoms with van der Waals surface area (Å²) in [6.45, 7) is 0.675. The zero-order valence-corrected chi connectivity index (χ0v) is 8.92. The van der Waals surface area contributed by atoms with Crippen molar-refractivity contribution in [1.29, 1.82) is 0 Å². The second kappa shape index (κ2) is 3.79. The Morgan fingerprint density at radius 3 is 2.79 bits per heavy atom. The highest BCUT2D eigenvalue weighted by molar-refractivity contribution is 6.54. The lowest BCUT2D eigenvalue weighted by Gasteiger charge is -2.17. The number of carbonyl (C=O) groups excluding carboxylic acids is 1. The average Bonchev–Trinajstić information content (AvgIpc) is 2.60. The molecule has 0 fully saturated rings. The van der Waals surface area contributed by atoms with E-state index >= 15 is 0 Å². The van der Waals surface area contributed by atoms with Gasteiger partial charge in [0.05, 0.1) is 0 Å². The molecule has 74 valence electrons. The fourth-order valence-corrected chi connectivity index (χ4v) is 1.92. The Bertz CT molecular complexity index is 365. The second-order valence-corrected chi connectivity index (χ2v) is 4.27. The topological polar surface area (TPSA) is 20.3 Å². The maximum Gasteiger partial charge on any atom is 0.260 e. The molecule has 0 saturated carbocycles. The number of nitrogens with zero attached hydrogens (tertiary/aromatic N) is 1. The Kier molecular flexibility index (Phi) is 2.66. The Balaban J connectivity index is 2.30. The third kappa shape index (κ3) is 1.60. The Labute approximate surface area is 92.4 Å². The summed E-state index contributed by atoms with van der Waals surface area (Å²) in [7, 11) is 0. The first-order valence-electron chi connectivity index (χ1n) is 4.37. The summed E-state index contributed by atoms with van der Waals surface area (Å²) in [4.78, 5) is 12.2. The van der Waals surface area contributed by atoms with E-state index in [0.29, 0.717) is 6.54 Å². The van der Waals surface area contributed by atoms with Gasteiger partial charge in [-0.2, -0.15) is 0 Å². The third-order valence-corrected chi connectivity index (χ3v) is 2.71. The van der Waals surface area contributed by atoms with Gasteiger partial charge < -0.3 is 4.90 Å². The molecule has 2 rings (SSSR count). The van der Waals surface area contributed by atoms with Gasteiger partial charge in [0.25, 0.3) is 5.91 Å². The van der Waals surface area contributed by atoms with E-state index in [1.165, 1.54) is 5.56 Å². The van der Waals surface area contributed by atoms with Crippen molar-refractivity contribution in [3.8, 4) is 0 Å². The van der Waals surface area contributed by atoms with Gasteiger partial charge in [-0.1, -0.05) is 41.4 Å². The van der Waals surface area contributed by atoms with Crippen molar-refractivity contribution in [1.82, 2.24) is 0 Å². The van der Waals surface area contributed by atoms with E-state index in [4.69, 9.17) is 23.2 Å². The maximum atomic E-state index is 11.6. The fraction of sp³-hybridized carbons (Fsp3) is 0.300. The minimum absolute atomic E-state index is 0.238. The molecule has 4 heteroatoms. The number of para-hydroxylation sites is 1. The molecule has 0 unspecified atom stereocenters. The molecule has 0 saturated heterocycles. The van der Waals surface area contributed by atoms with Crippen LogP contribution in [-0.2, 0) is 11.2 Å². The van der Waals surface area contributed by atoms with E-state index in [1.54, 1.807) is 4.90 Å². The van der Waals surface area contributed by atoms with Crippen molar-refractivity contribution >= 4 is 34.8 Å². The molecule has 0 N–H and O–H groups in total. The van der Waals surface area contributed by atoms with Gasteiger partial charge in [-0.15, -0.1) is 0 Å². The largest absolute Gasteiger partial charge is 0.309 e. The van der Waals surface area contributed by atoms with Gasteiger partial charge in [-0.3, -0.25) is 4.79 Å². The summed E-state index contributed by atoms with van der Waals surface area (Å²) >= 11 is 11.1. The van der Waals surface area contributed by atoms with Crippen molar-refractivity contribution in [3.63, 3.8) is 0 Å². The number of carbonyl (C=O) groups is 1. The van der Waals surface area contributed by atoms with Crippen LogP contribution in [0.2, 0.25) is 0 Å². The zero-order chi connectivity index (χ0) is 10.1. The number of fused-ring (bicyclic) bond motifs is 1. The van der Waals surface area contributed by atoms with Crippen LogP contribution in [0.5, 0.6) is 0 Å². The molecule has 0 atom stereocenters. The van der Waals surface area contributed by atoms with E-state index in [2.05, 4.69) is 0 Å². The molecular weight excluding hydrogens is 221 g/mol. The summed E-state index contributed by atoms with van der Waals surface area (Å²) in [5.74, 6) is -0.238. The van der Waals surface area contributed by atoms with Gasteiger partial charge in [-0.05, 0) is 18.1 Å². The van der Waals surface area contributed by atoms with Crippen LogP contribution in [-0.4, -0.2) is 17.3 Å². The van der Waals surface area contributed by atoms with Gasteiger partial charge in [0.1, 0.15) is 0 Å². The molecule has 1 aromatic carbocycles. The average molecular weight is 230 g/mol. The van der Waals surface area contributed by atoms with Gasteiger partial charge in [0.2, 0.25) is 0 Å². The second-order valence-electron chi connectivity index (χ2n) is 3.17. The van der Waals surface area contributed by atoms with Crippen LogP contribution in [0.25, 0.3) is 0 Å². The molecule has 1 aromatic rings. The highest BCUT2D eigenvalue weighted by Gasteiger charge is 2.27. The Hall–Kier alpha value is -0.730. The third-order valence-electron chi connectivity index (χ3n) is 2.34. The van der Waals surface area contributed by atoms with Crippen LogP contribution in [0.4, 0.5) is 5.69 Å². The molecule has 0 radical (unpaired) electrons. The van der Waals surface area contributed by atoms with E-state index < -0.39 is 4.84 Å². The monoisotopic (exact) mass is 229 g/mol. The number of alkyl halides is 2. The van der Waals surface area contributed by atoms with Crippen LogP contribution < -0.4 is 4.90 Å². The number of halogens is 2. The lowest BCUT2D eigenvalue weighted by atomic mass is 10.2. The zero-order valence-electron chi connectivity index (χ0n) is 7.41. The van der Waals surface area contributed by atoms with Crippen molar-refractivity contribution < 1.29 is 4.79 Å². The van der Waals surface area contributed by atoms with E-state index in [0.717, 1.165) is 12.1 Å². The maximum absolute atomic E-state index is 11.6. The molecule has 2 nitrogen and oxygen atoms in total. The van der Waals surface area contributed by atoms with Crippen molar-refractivity contribution in [3.05, 3.63) is 29.8 Å².